The third kappa shape index (κ3) is 5.32. The predicted octanol–water partition coefficient (Wildman–Crippen LogP) is 5.35. The average Bonchev–Trinajstić information content (AvgIpc) is 3.44. The second-order valence-corrected chi connectivity index (χ2v) is 8.72. The smallest absolute Gasteiger partial charge is 0.150 e. The molecule has 0 aromatic heterocycles. The van der Waals surface area contributed by atoms with Crippen LogP contribution in [0.5, 0.6) is 11.5 Å². The van der Waals surface area contributed by atoms with Crippen LogP contribution < -0.4 is 14.4 Å². The van der Waals surface area contributed by atoms with Crippen molar-refractivity contribution in [1.29, 1.82) is 0 Å². The van der Waals surface area contributed by atoms with Gasteiger partial charge in [0.25, 0.3) is 0 Å². The highest BCUT2D eigenvalue weighted by Crippen LogP contribution is 2.32. The van der Waals surface area contributed by atoms with Crippen LogP contribution in [-0.2, 0) is 4.79 Å². The number of ketones is 1. The molecule has 4 nitrogen and oxygen atoms in total. The van der Waals surface area contributed by atoms with E-state index in [1.54, 1.807) is 6.92 Å². The first-order valence-corrected chi connectivity index (χ1v) is 10.9. The van der Waals surface area contributed by atoms with Crippen LogP contribution in [0.2, 0.25) is 0 Å². The third-order valence-corrected chi connectivity index (χ3v) is 5.93. The SMILES string of the molecule is CC(=O)C[C@@H](C)c1ccc(OC2CCN(c3ccc(OCC4CC4)cc3F)C2)cc1. The number of ether oxygens (including phenoxy) is 2. The van der Waals surface area contributed by atoms with E-state index in [1.165, 1.54) is 18.9 Å². The second-order valence-electron chi connectivity index (χ2n) is 8.72. The Morgan fingerprint density at radius 2 is 1.87 bits per heavy atom. The summed E-state index contributed by atoms with van der Waals surface area (Å²) < 4.78 is 26.4. The lowest BCUT2D eigenvalue weighted by atomic mass is 9.96. The number of carbonyl (C=O) groups excluding carboxylic acids is 1. The van der Waals surface area contributed by atoms with E-state index in [0.717, 1.165) is 24.3 Å². The van der Waals surface area contributed by atoms with Crippen molar-refractivity contribution in [1.82, 2.24) is 0 Å². The molecule has 5 heteroatoms. The minimum atomic E-state index is -0.243. The molecule has 0 N–H and O–H groups in total. The molecule has 30 heavy (non-hydrogen) atoms. The van der Waals surface area contributed by atoms with Crippen LogP contribution in [0.1, 0.15) is 51.0 Å². The zero-order valence-corrected chi connectivity index (χ0v) is 17.8. The fourth-order valence-corrected chi connectivity index (χ4v) is 3.99. The van der Waals surface area contributed by atoms with E-state index in [4.69, 9.17) is 9.47 Å². The Bertz CT molecular complexity index is 878. The van der Waals surface area contributed by atoms with Gasteiger partial charge in [-0.2, -0.15) is 0 Å². The normalized spacial score (nSPS) is 19.6. The summed E-state index contributed by atoms with van der Waals surface area (Å²) in [5.74, 6) is 2.23. The molecule has 0 spiro atoms. The summed E-state index contributed by atoms with van der Waals surface area (Å²) in [4.78, 5) is 13.3. The van der Waals surface area contributed by atoms with Crippen LogP contribution in [0.15, 0.2) is 42.5 Å². The molecular formula is C25H30FNO3. The molecule has 2 fully saturated rings. The largest absolute Gasteiger partial charge is 0.493 e. The van der Waals surface area contributed by atoms with Crippen molar-refractivity contribution in [3.8, 4) is 11.5 Å². The molecule has 2 atom stereocenters. The van der Waals surface area contributed by atoms with Gasteiger partial charge in [0.15, 0.2) is 0 Å². The summed E-state index contributed by atoms with van der Waals surface area (Å²) in [6.07, 6.45) is 3.86. The maximum absolute atomic E-state index is 14.6. The quantitative estimate of drug-likeness (QED) is 0.557. The fraction of sp³-hybridized carbons (Fsp3) is 0.480. The first-order valence-electron chi connectivity index (χ1n) is 10.9. The van der Waals surface area contributed by atoms with Gasteiger partial charge in [0.05, 0.1) is 18.8 Å². The molecule has 1 heterocycles. The number of carbonyl (C=O) groups is 1. The monoisotopic (exact) mass is 411 g/mol. The maximum atomic E-state index is 14.6. The highest BCUT2D eigenvalue weighted by atomic mass is 19.1. The molecule has 2 aromatic carbocycles. The maximum Gasteiger partial charge on any atom is 0.150 e. The van der Waals surface area contributed by atoms with E-state index in [9.17, 15) is 9.18 Å². The Morgan fingerprint density at radius 1 is 1.13 bits per heavy atom. The number of halogens is 1. The van der Waals surface area contributed by atoms with Gasteiger partial charge >= 0.3 is 0 Å². The van der Waals surface area contributed by atoms with Gasteiger partial charge in [-0.15, -0.1) is 0 Å². The summed E-state index contributed by atoms with van der Waals surface area (Å²) in [6.45, 7) is 5.78. The Hall–Kier alpha value is -2.56. The van der Waals surface area contributed by atoms with Gasteiger partial charge in [-0.05, 0) is 61.4 Å². The Morgan fingerprint density at radius 3 is 2.53 bits per heavy atom. The Balaban J connectivity index is 1.31. The van der Waals surface area contributed by atoms with Crippen molar-refractivity contribution in [3.63, 3.8) is 0 Å². The summed E-state index contributed by atoms with van der Waals surface area (Å²) >= 11 is 0. The lowest BCUT2D eigenvalue weighted by Gasteiger charge is -2.20. The Labute approximate surface area is 178 Å². The summed E-state index contributed by atoms with van der Waals surface area (Å²) in [5.41, 5.74) is 1.74. The van der Waals surface area contributed by atoms with E-state index in [0.29, 0.717) is 36.9 Å². The average molecular weight is 412 g/mol. The topological polar surface area (TPSA) is 38.8 Å². The van der Waals surface area contributed by atoms with Crippen LogP contribution >= 0.6 is 0 Å². The lowest BCUT2D eigenvalue weighted by molar-refractivity contribution is -0.117. The molecule has 1 unspecified atom stereocenters. The molecule has 2 aliphatic rings. The van der Waals surface area contributed by atoms with Crippen LogP contribution in [-0.4, -0.2) is 31.6 Å². The molecule has 1 aliphatic heterocycles. The molecule has 0 amide bonds. The molecule has 0 radical (unpaired) electrons. The van der Waals surface area contributed by atoms with Crippen LogP contribution in [0.3, 0.4) is 0 Å². The summed E-state index contributed by atoms with van der Waals surface area (Å²) in [6, 6.07) is 13.1. The van der Waals surface area contributed by atoms with Crippen molar-refractivity contribution in [2.75, 3.05) is 24.6 Å². The fourth-order valence-electron chi connectivity index (χ4n) is 3.99. The lowest BCUT2D eigenvalue weighted by Crippen LogP contribution is -2.25. The van der Waals surface area contributed by atoms with Gasteiger partial charge in [0.1, 0.15) is 29.2 Å². The molecule has 4 rings (SSSR count). The number of hydrogen-bond acceptors (Lipinski definition) is 4. The van der Waals surface area contributed by atoms with Crippen LogP contribution in [0.4, 0.5) is 10.1 Å². The minimum absolute atomic E-state index is 0.0238. The van der Waals surface area contributed by atoms with Crippen molar-refractivity contribution in [3.05, 3.63) is 53.8 Å². The first-order chi connectivity index (χ1) is 14.5. The molecule has 1 aliphatic carbocycles. The number of anilines is 1. The highest BCUT2D eigenvalue weighted by Gasteiger charge is 2.27. The zero-order valence-electron chi connectivity index (χ0n) is 17.8. The van der Waals surface area contributed by atoms with Crippen molar-refractivity contribution in [2.45, 2.75) is 51.6 Å². The highest BCUT2D eigenvalue weighted by molar-refractivity contribution is 5.76. The van der Waals surface area contributed by atoms with Crippen molar-refractivity contribution >= 4 is 11.5 Å². The van der Waals surface area contributed by atoms with Gasteiger partial charge in [0.2, 0.25) is 0 Å². The van der Waals surface area contributed by atoms with Gasteiger partial charge in [-0.1, -0.05) is 19.1 Å². The standard InChI is InChI=1S/C25H30FNO3/c1-17(13-18(2)28)20-5-7-21(8-6-20)30-23-11-12-27(15-23)25-10-9-22(14-24(25)26)29-16-19-3-4-19/h5-10,14,17,19,23H,3-4,11-13,15-16H2,1-2H3/t17-,23?/m1/s1. The molecule has 2 aromatic rings. The number of hydrogen-bond donors (Lipinski definition) is 0. The first kappa shape index (κ1) is 20.7. The second kappa shape index (κ2) is 9.07. The molecule has 0 bridgehead atoms. The summed E-state index contributed by atoms with van der Waals surface area (Å²) in [7, 11) is 0. The zero-order chi connectivity index (χ0) is 21.1. The van der Waals surface area contributed by atoms with Crippen molar-refractivity contribution in [2.24, 2.45) is 5.92 Å². The van der Waals surface area contributed by atoms with Crippen molar-refractivity contribution < 1.29 is 18.7 Å². The van der Waals surface area contributed by atoms with Gasteiger partial charge in [-0.25, -0.2) is 4.39 Å². The minimum Gasteiger partial charge on any atom is -0.493 e. The third-order valence-electron chi connectivity index (χ3n) is 5.93. The number of nitrogens with zero attached hydrogens (tertiary/aromatic N) is 1. The van der Waals surface area contributed by atoms with Gasteiger partial charge in [-0.3, -0.25) is 0 Å². The molecule has 1 saturated carbocycles. The molecular weight excluding hydrogens is 381 g/mol. The summed E-state index contributed by atoms with van der Waals surface area (Å²) in [5, 5.41) is 0. The van der Waals surface area contributed by atoms with E-state index in [2.05, 4.69) is 6.92 Å². The number of benzene rings is 2. The Kier molecular flexibility index (Phi) is 6.26. The number of Topliss-reactive ketones (excluding diaryl/α,β-unsaturated/α-hetero) is 1. The number of rotatable bonds is 9. The van der Waals surface area contributed by atoms with E-state index in [1.807, 2.05) is 41.3 Å². The predicted molar refractivity (Wildman–Crippen MR) is 116 cm³/mol. The van der Waals surface area contributed by atoms with Gasteiger partial charge < -0.3 is 19.2 Å². The van der Waals surface area contributed by atoms with E-state index in [-0.39, 0.29) is 23.6 Å². The molecule has 160 valence electrons. The van der Waals surface area contributed by atoms with Crippen LogP contribution in [0, 0.1) is 11.7 Å². The van der Waals surface area contributed by atoms with E-state index < -0.39 is 0 Å². The van der Waals surface area contributed by atoms with Gasteiger partial charge in [0, 0.05) is 25.5 Å². The molecule has 1 saturated heterocycles. The van der Waals surface area contributed by atoms with E-state index >= 15 is 0 Å². The van der Waals surface area contributed by atoms with Crippen LogP contribution in [0.25, 0.3) is 0 Å².